The van der Waals surface area contributed by atoms with Gasteiger partial charge in [0.2, 0.25) is 0 Å². The van der Waals surface area contributed by atoms with E-state index in [-0.39, 0.29) is 5.92 Å². The maximum Gasteiger partial charge on any atom is 0.152 e. The summed E-state index contributed by atoms with van der Waals surface area (Å²) in [4.78, 5) is 14.1. The van der Waals surface area contributed by atoms with E-state index in [4.69, 9.17) is 10.5 Å². The van der Waals surface area contributed by atoms with Gasteiger partial charge in [-0.25, -0.2) is 0 Å². The first kappa shape index (κ1) is 11.0. The van der Waals surface area contributed by atoms with Crippen LogP contribution in [0.5, 0.6) is 0 Å². The maximum absolute atomic E-state index is 11.8. The Balaban J connectivity index is 1.74. The Kier molecular flexibility index (Phi) is 3.72. The number of ether oxygens (including phenoxy) is 1. The second-order valence-electron chi connectivity index (χ2n) is 4.64. The molecular formula is C11H20N2O2. The van der Waals surface area contributed by atoms with Crippen LogP contribution in [0.4, 0.5) is 0 Å². The van der Waals surface area contributed by atoms with Gasteiger partial charge in [0.1, 0.15) is 0 Å². The number of rotatable bonds is 3. The number of likely N-dealkylation sites (tertiary alicyclic amines) is 1. The third-order valence-corrected chi connectivity index (χ3v) is 3.40. The molecule has 0 aromatic rings. The van der Waals surface area contributed by atoms with Crippen molar-refractivity contribution in [2.75, 3.05) is 32.8 Å². The van der Waals surface area contributed by atoms with Crippen molar-refractivity contribution in [1.29, 1.82) is 0 Å². The zero-order valence-corrected chi connectivity index (χ0v) is 9.15. The summed E-state index contributed by atoms with van der Waals surface area (Å²) in [7, 11) is 0. The molecule has 4 heteroatoms. The first-order chi connectivity index (χ1) is 7.25. The second-order valence-corrected chi connectivity index (χ2v) is 4.64. The molecule has 0 aliphatic carbocycles. The van der Waals surface area contributed by atoms with E-state index in [1.165, 1.54) is 0 Å². The highest BCUT2D eigenvalue weighted by atomic mass is 16.5. The van der Waals surface area contributed by atoms with Crippen LogP contribution in [0.2, 0.25) is 0 Å². The predicted molar refractivity (Wildman–Crippen MR) is 57.6 cm³/mol. The first-order valence-electron chi connectivity index (χ1n) is 5.84. The van der Waals surface area contributed by atoms with Crippen LogP contribution < -0.4 is 5.73 Å². The number of hydrogen-bond donors (Lipinski definition) is 1. The number of ketones is 1. The summed E-state index contributed by atoms with van der Waals surface area (Å²) in [6, 6.07) is 0.339. The van der Waals surface area contributed by atoms with Crippen molar-refractivity contribution >= 4 is 5.78 Å². The zero-order chi connectivity index (χ0) is 10.7. The lowest BCUT2D eigenvalue weighted by Gasteiger charge is -2.29. The van der Waals surface area contributed by atoms with Gasteiger partial charge in [0.25, 0.3) is 0 Å². The molecule has 2 heterocycles. The van der Waals surface area contributed by atoms with Crippen molar-refractivity contribution < 1.29 is 9.53 Å². The van der Waals surface area contributed by atoms with Gasteiger partial charge in [-0.05, 0) is 19.3 Å². The molecule has 86 valence electrons. The molecule has 2 fully saturated rings. The molecule has 0 saturated carbocycles. The van der Waals surface area contributed by atoms with Crippen LogP contribution in [-0.2, 0) is 9.53 Å². The van der Waals surface area contributed by atoms with Gasteiger partial charge in [-0.2, -0.15) is 0 Å². The molecule has 0 aromatic heterocycles. The third-order valence-electron chi connectivity index (χ3n) is 3.40. The van der Waals surface area contributed by atoms with Crippen LogP contribution in [0.1, 0.15) is 19.3 Å². The normalized spacial score (nSPS) is 29.5. The average Bonchev–Trinajstić information content (AvgIpc) is 2.74. The van der Waals surface area contributed by atoms with Crippen molar-refractivity contribution in [2.24, 2.45) is 11.7 Å². The Morgan fingerprint density at radius 2 is 2.07 bits per heavy atom. The molecule has 0 bridgehead atoms. The molecule has 0 radical (unpaired) electrons. The smallest absolute Gasteiger partial charge is 0.152 e. The molecule has 2 aliphatic rings. The average molecular weight is 212 g/mol. The number of Topliss-reactive ketones (excluding diaryl/α,β-unsaturated/α-hetero) is 1. The highest BCUT2D eigenvalue weighted by molar-refractivity contribution is 5.83. The Morgan fingerprint density at radius 3 is 2.67 bits per heavy atom. The monoisotopic (exact) mass is 212 g/mol. The van der Waals surface area contributed by atoms with E-state index >= 15 is 0 Å². The summed E-state index contributed by atoms with van der Waals surface area (Å²) in [6.07, 6.45) is 2.95. The number of carbonyl (C=O) groups is 1. The van der Waals surface area contributed by atoms with E-state index in [1.54, 1.807) is 0 Å². The number of piperidine rings is 1. The Labute approximate surface area is 90.8 Å². The maximum atomic E-state index is 11.8. The molecule has 15 heavy (non-hydrogen) atoms. The minimum Gasteiger partial charge on any atom is -0.381 e. The molecule has 1 unspecified atom stereocenters. The summed E-state index contributed by atoms with van der Waals surface area (Å²) in [5, 5.41) is 0. The molecule has 4 nitrogen and oxygen atoms in total. The lowest BCUT2D eigenvalue weighted by Crippen LogP contribution is -2.43. The summed E-state index contributed by atoms with van der Waals surface area (Å²) in [6.45, 7) is 3.93. The van der Waals surface area contributed by atoms with Crippen molar-refractivity contribution in [3.63, 3.8) is 0 Å². The molecular weight excluding hydrogens is 192 g/mol. The summed E-state index contributed by atoms with van der Waals surface area (Å²) < 4.78 is 5.23. The van der Waals surface area contributed by atoms with E-state index in [9.17, 15) is 4.79 Å². The predicted octanol–water partition coefficient (Wildman–Crippen LogP) is 0.0151. The quantitative estimate of drug-likeness (QED) is 0.716. The van der Waals surface area contributed by atoms with Crippen molar-refractivity contribution in [2.45, 2.75) is 25.3 Å². The fraction of sp³-hybridized carbons (Fsp3) is 0.909. The molecule has 0 aromatic carbocycles. The van der Waals surface area contributed by atoms with E-state index in [0.29, 0.717) is 25.0 Å². The van der Waals surface area contributed by atoms with Gasteiger partial charge >= 0.3 is 0 Å². The molecule has 2 rings (SSSR count). The van der Waals surface area contributed by atoms with Gasteiger partial charge in [-0.15, -0.1) is 0 Å². The van der Waals surface area contributed by atoms with Crippen molar-refractivity contribution in [1.82, 2.24) is 4.90 Å². The van der Waals surface area contributed by atoms with Crippen LogP contribution in [0.15, 0.2) is 0 Å². The minimum atomic E-state index is 0.153. The Bertz CT molecular complexity index is 219. The molecule has 0 amide bonds. The topological polar surface area (TPSA) is 55.6 Å². The van der Waals surface area contributed by atoms with Gasteiger partial charge < -0.3 is 10.5 Å². The number of carbonyl (C=O) groups excluding carboxylic acids is 1. The van der Waals surface area contributed by atoms with Crippen LogP contribution in [-0.4, -0.2) is 49.6 Å². The summed E-state index contributed by atoms with van der Waals surface area (Å²) in [5.74, 6) is 0.503. The molecule has 1 atom stereocenters. The van der Waals surface area contributed by atoms with E-state index in [0.717, 1.165) is 39.0 Å². The van der Waals surface area contributed by atoms with Gasteiger partial charge in [0, 0.05) is 31.7 Å². The zero-order valence-electron chi connectivity index (χ0n) is 9.15. The fourth-order valence-corrected chi connectivity index (χ4v) is 2.25. The third kappa shape index (κ3) is 3.00. The summed E-state index contributed by atoms with van der Waals surface area (Å²) >= 11 is 0. The van der Waals surface area contributed by atoms with Crippen LogP contribution >= 0.6 is 0 Å². The van der Waals surface area contributed by atoms with Crippen LogP contribution in [0, 0.1) is 5.92 Å². The Morgan fingerprint density at radius 1 is 1.33 bits per heavy atom. The van der Waals surface area contributed by atoms with Crippen molar-refractivity contribution in [3.8, 4) is 0 Å². The highest BCUT2D eigenvalue weighted by Gasteiger charge is 2.26. The fourth-order valence-electron chi connectivity index (χ4n) is 2.25. The number of nitrogens with zero attached hydrogens (tertiary/aromatic N) is 1. The minimum absolute atomic E-state index is 0.153. The second kappa shape index (κ2) is 5.05. The molecule has 2 aliphatic heterocycles. The van der Waals surface area contributed by atoms with Crippen molar-refractivity contribution in [3.05, 3.63) is 0 Å². The first-order valence-corrected chi connectivity index (χ1v) is 5.84. The van der Waals surface area contributed by atoms with Gasteiger partial charge in [0.15, 0.2) is 5.78 Å². The van der Waals surface area contributed by atoms with Gasteiger partial charge in [-0.1, -0.05) is 0 Å². The van der Waals surface area contributed by atoms with E-state index in [1.807, 2.05) is 0 Å². The van der Waals surface area contributed by atoms with Gasteiger partial charge in [0.05, 0.1) is 13.2 Å². The summed E-state index contributed by atoms with van der Waals surface area (Å²) in [5.41, 5.74) is 5.82. The Hall–Kier alpha value is -0.450. The number of nitrogens with two attached hydrogens (primary N) is 1. The van der Waals surface area contributed by atoms with E-state index in [2.05, 4.69) is 4.90 Å². The lowest BCUT2D eigenvalue weighted by atomic mass is 10.0. The van der Waals surface area contributed by atoms with Gasteiger partial charge in [-0.3, -0.25) is 9.69 Å². The van der Waals surface area contributed by atoms with Crippen LogP contribution in [0.25, 0.3) is 0 Å². The molecule has 0 spiro atoms. The molecule has 2 N–H and O–H groups in total. The van der Waals surface area contributed by atoms with Crippen LogP contribution in [0.3, 0.4) is 0 Å². The largest absolute Gasteiger partial charge is 0.381 e. The number of hydrogen-bond acceptors (Lipinski definition) is 4. The standard InChI is InChI=1S/C11H20N2O2/c12-10-1-4-13(5-2-10)7-11(14)9-3-6-15-8-9/h9-10H,1-8,12H2. The highest BCUT2D eigenvalue weighted by Crippen LogP contribution is 2.15. The van der Waals surface area contributed by atoms with E-state index < -0.39 is 0 Å². The lowest BCUT2D eigenvalue weighted by molar-refractivity contribution is -0.124. The molecule has 2 saturated heterocycles. The SMILES string of the molecule is NC1CCN(CC(=O)C2CCOC2)CC1.